The molecule has 5 rings (SSSR count). The van der Waals surface area contributed by atoms with E-state index in [-0.39, 0.29) is 5.91 Å². The van der Waals surface area contributed by atoms with Gasteiger partial charge in [0.1, 0.15) is 5.82 Å². The summed E-state index contributed by atoms with van der Waals surface area (Å²) in [5.74, 6) is 1.38. The molecule has 0 spiro atoms. The summed E-state index contributed by atoms with van der Waals surface area (Å²) in [7, 11) is 0. The monoisotopic (exact) mass is 382 g/mol. The summed E-state index contributed by atoms with van der Waals surface area (Å²) in [5.41, 5.74) is 4.10. The maximum Gasteiger partial charge on any atom is 0.251 e. The van der Waals surface area contributed by atoms with Gasteiger partial charge in [-0.1, -0.05) is 24.3 Å². The smallest absolute Gasteiger partial charge is 0.251 e. The van der Waals surface area contributed by atoms with Crippen LogP contribution in [0.5, 0.6) is 0 Å². The standard InChI is InChI=1S/C22H18N6O/c1-15-24-18-13-16(10-11-19(18)28(15)17-7-3-2-4-8-17)22(29)23-14-21-26-25-20-9-5-6-12-27(20)21/h2-13H,14H2,1H3,(H,23,29). The first-order chi connectivity index (χ1) is 14.2. The number of hydrogen-bond donors (Lipinski definition) is 1. The number of imidazole rings is 1. The molecular weight excluding hydrogens is 364 g/mol. The van der Waals surface area contributed by atoms with Crippen LogP contribution in [0.2, 0.25) is 0 Å². The molecule has 3 heterocycles. The van der Waals surface area contributed by atoms with Gasteiger partial charge in [-0.05, 0) is 49.4 Å². The highest BCUT2D eigenvalue weighted by Gasteiger charge is 2.13. The predicted molar refractivity (Wildman–Crippen MR) is 110 cm³/mol. The fourth-order valence-corrected chi connectivity index (χ4v) is 3.52. The molecule has 2 aromatic carbocycles. The molecule has 0 radical (unpaired) electrons. The highest BCUT2D eigenvalue weighted by atomic mass is 16.1. The molecular formula is C22H18N6O. The third-order valence-corrected chi connectivity index (χ3v) is 4.89. The molecule has 0 atom stereocenters. The molecule has 7 nitrogen and oxygen atoms in total. The van der Waals surface area contributed by atoms with E-state index < -0.39 is 0 Å². The van der Waals surface area contributed by atoms with Gasteiger partial charge in [-0.15, -0.1) is 10.2 Å². The van der Waals surface area contributed by atoms with Crippen LogP contribution in [0.25, 0.3) is 22.4 Å². The van der Waals surface area contributed by atoms with Crippen molar-refractivity contribution >= 4 is 22.6 Å². The van der Waals surface area contributed by atoms with Crippen LogP contribution < -0.4 is 5.32 Å². The van der Waals surface area contributed by atoms with Crippen molar-refractivity contribution in [3.8, 4) is 5.69 Å². The molecule has 5 aromatic rings. The number of aryl methyl sites for hydroxylation is 1. The van der Waals surface area contributed by atoms with Gasteiger partial charge < -0.3 is 5.32 Å². The molecule has 0 fully saturated rings. The third kappa shape index (κ3) is 3.02. The third-order valence-electron chi connectivity index (χ3n) is 4.89. The van der Waals surface area contributed by atoms with E-state index in [2.05, 4.69) is 25.1 Å². The zero-order chi connectivity index (χ0) is 19.8. The summed E-state index contributed by atoms with van der Waals surface area (Å²) >= 11 is 0. The van der Waals surface area contributed by atoms with Crippen molar-refractivity contribution in [1.82, 2.24) is 29.5 Å². The lowest BCUT2D eigenvalue weighted by atomic mass is 10.2. The van der Waals surface area contributed by atoms with Crippen molar-refractivity contribution in [2.45, 2.75) is 13.5 Å². The molecule has 0 saturated heterocycles. The Morgan fingerprint density at radius 1 is 1.00 bits per heavy atom. The molecule has 1 N–H and O–H groups in total. The molecule has 29 heavy (non-hydrogen) atoms. The van der Waals surface area contributed by atoms with Gasteiger partial charge in [-0.25, -0.2) is 4.98 Å². The summed E-state index contributed by atoms with van der Waals surface area (Å²) in [6.07, 6.45) is 1.88. The Morgan fingerprint density at radius 3 is 2.69 bits per heavy atom. The number of benzene rings is 2. The number of aromatic nitrogens is 5. The minimum atomic E-state index is -0.175. The summed E-state index contributed by atoms with van der Waals surface area (Å²) in [6.45, 7) is 2.25. The molecule has 7 heteroatoms. The Balaban J connectivity index is 1.41. The van der Waals surface area contributed by atoms with Gasteiger partial charge in [0.25, 0.3) is 5.91 Å². The van der Waals surface area contributed by atoms with Crippen LogP contribution in [0.3, 0.4) is 0 Å². The van der Waals surface area contributed by atoms with Crippen molar-refractivity contribution in [1.29, 1.82) is 0 Å². The number of hydrogen-bond acceptors (Lipinski definition) is 4. The molecule has 0 bridgehead atoms. The van der Waals surface area contributed by atoms with Crippen LogP contribution in [0.4, 0.5) is 0 Å². The number of nitrogens with one attached hydrogen (secondary N) is 1. The van der Waals surface area contributed by atoms with Gasteiger partial charge in [0, 0.05) is 17.4 Å². The largest absolute Gasteiger partial charge is 0.345 e. The zero-order valence-corrected chi connectivity index (χ0v) is 15.8. The van der Waals surface area contributed by atoms with E-state index in [1.54, 1.807) is 0 Å². The Labute approximate surface area is 166 Å². The SMILES string of the molecule is Cc1nc2cc(C(=O)NCc3nnc4ccccn34)ccc2n1-c1ccccc1. The molecule has 3 aromatic heterocycles. The van der Waals surface area contributed by atoms with E-state index in [0.717, 1.165) is 28.2 Å². The molecule has 0 saturated carbocycles. The van der Waals surface area contributed by atoms with Crippen LogP contribution in [-0.2, 0) is 6.54 Å². The number of fused-ring (bicyclic) bond motifs is 2. The van der Waals surface area contributed by atoms with Gasteiger partial charge in [0.05, 0.1) is 17.6 Å². The average Bonchev–Trinajstić information content (AvgIpc) is 3.32. The van der Waals surface area contributed by atoms with Crippen LogP contribution >= 0.6 is 0 Å². The lowest BCUT2D eigenvalue weighted by Gasteiger charge is -2.07. The van der Waals surface area contributed by atoms with E-state index in [1.165, 1.54) is 0 Å². The van der Waals surface area contributed by atoms with Crippen molar-refractivity contribution < 1.29 is 4.79 Å². The summed E-state index contributed by atoms with van der Waals surface area (Å²) in [6, 6.07) is 21.3. The Morgan fingerprint density at radius 2 is 1.83 bits per heavy atom. The number of carbonyl (C=O) groups is 1. The van der Waals surface area contributed by atoms with Crippen molar-refractivity contribution in [3.05, 3.63) is 90.1 Å². The fraction of sp³-hybridized carbons (Fsp3) is 0.0909. The first-order valence-corrected chi connectivity index (χ1v) is 9.32. The van der Waals surface area contributed by atoms with Crippen molar-refractivity contribution in [2.75, 3.05) is 0 Å². The summed E-state index contributed by atoms with van der Waals surface area (Å²) in [5, 5.41) is 11.2. The summed E-state index contributed by atoms with van der Waals surface area (Å²) < 4.78 is 3.94. The van der Waals surface area contributed by atoms with E-state index in [1.807, 2.05) is 84.3 Å². The van der Waals surface area contributed by atoms with Gasteiger partial charge in [0.15, 0.2) is 11.5 Å². The fourth-order valence-electron chi connectivity index (χ4n) is 3.52. The molecule has 142 valence electrons. The van der Waals surface area contributed by atoms with Crippen LogP contribution in [0, 0.1) is 6.92 Å². The molecule has 0 aliphatic carbocycles. The minimum Gasteiger partial charge on any atom is -0.345 e. The van der Waals surface area contributed by atoms with Crippen LogP contribution in [0.15, 0.2) is 72.9 Å². The van der Waals surface area contributed by atoms with Crippen LogP contribution in [0.1, 0.15) is 22.0 Å². The summed E-state index contributed by atoms with van der Waals surface area (Å²) in [4.78, 5) is 17.3. The van der Waals surface area contributed by atoms with Crippen molar-refractivity contribution in [3.63, 3.8) is 0 Å². The second kappa shape index (κ2) is 6.87. The van der Waals surface area contributed by atoms with Gasteiger partial charge in [-0.2, -0.15) is 0 Å². The Kier molecular flexibility index (Phi) is 4.05. The van der Waals surface area contributed by atoms with E-state index in [4.69, 9.17) is 0 Å². The maximum atomic E-state index is 12.7. The lowest BCUT2D eigenvalue weighted by molar-refractivity contribution is 0.0950. The first kappa shape index (κ1) is 17.1. The second-order valence-corrected chi connectivity index (χ2v) is 6.76. The van der Waals surface area contributed by atoms with Crippen molar-refractivity contribution in [2.24, 2.45) is 0 Å². The van der Waals surface area contributed by atoms with Gasteiger partial charge in [-0.3, -0.25) is 13.8 Å². The average molecular weight is 382 g/mol. The molecule has 0 unspecified atom stereocenters. The highest BCUT2D eigenvalue weighted by molar-refractivity contribution is 5.97. The number of rotatable bonds is 4. The number of amides is 1. The molecule has 0 aliphatic heterocycles. The lowest BCUT2D eigenvalue weighted by Crippen LogP contribution is -2.24. The van der Waals surface area contributed by atoms with E-state index in [9.17, 15) is 4.79 Å². The van der Waals surface area contributed by atoms with Gasteiger partial charge in [0.2, 0.25) is 0 Å². The van der Waals surface area contributed by atoms with E-state index in [0.29, 0.717) is 17.9 Å². The molecule has 1 amide bonds. The topological polar surface area (TPSA) is 77.1 Å². The maximum absolute atomic E-state index is 12.7. The Hall–Kier alpha value is -4.00. The first-order valence-electron chi connectivity index (χ1n) is 9.32. The number of carbonyl (C=O) groups excluding carboxylic acids is 1. The second-order valence-electron chi connectivity index (χ2n) is 6.76. The minimum absolute atomic E-state index is 0.175. The number of para-hydroxylation sites is 1. The highest BCUT2D eigenvalue weighted by Crippen LogP contribution is 2.22. The van der Waals surface area contributed by atoms with E-state index >= 15 is 0 Å². The van der Waals surface area contributed by atoms with Gasteiger partial charge >= 0.3 is 0 Å². The normalized spacial score (nSPS) is 11.2. The van der Waals surface area contributed by atoms with Crippen LogP contribution in [-0.4, -0.2) is 30.1 Å². The zero-order valence-electron chi connectivity index (χ0n) is 15.8. The number of pyridine rings is 1. The quantitative estimate of drug-likeness (QED) is 0.517. The molecule has 0 aliphatic rings. The number of nitrogens with zero attached hydrogens (tertiary/aromatic N) is 5. The Bertz CT molecular complexity index is 1340. The predicted octanol–water partition coefficient (Wildman–Crippen LogP) is 3.31.